The van der Waals surface area contributed by atoms with Gasteiger partial charge in [0.2, 0.25) is 0 Å². The topological polar surface area (TPSA) is 46.2 Å². The SMILES string of the molecule is CCCNC(CS(=O)(=O)C(C)C)c1ccccc1C. The van der Waals surface area contributed by atoms with Crippen molar-refractivity contribution in [2.75, 3.05) is 12.3 Å². The molecule has 1 aromatic rings. The van der Waals surface area contributed by atoms with E-state index in [2.05, 4.69) is 12.2 Å². The van der Waals surface area contributed by atoms with E-state index in [0.29, 0.717) is 0 Å². The molecule has 19 heavy (non-hydrogen) atoms. The molecule has 0 aliphatic rings. The highest BCUT2D eigenvalue weighted by molar-refractivity contribution is 7.92. The Kier molecular flexibility index (Phi) is 6.01. The number of rotatable bonds is 7. The van der Waals surface area contributed by atoms with Crippen LogP contribution in [0.25, 0.3) is 0 Å². The second kappa shape index (κ2) is 7.06. The molecule has 4 heteroatoms. The van der Waals surface area contributed by atoms with Crippen molar-refractivity contribution in [3.05, 3.63) is 35.4 Å². The zero-order valence-electron chi connectivity index (χ0n) is 12.3. The Balaban J connectivity index is 2.99. The molecule has 108 valence electrons. The van der Waals surface area contributed by atoms with E-state index in [1.54, 1.807) is 13.8 Å². The second-order valence-electron chi connectivity index (χ2n) is 5.24. The fourth-order valence-electron chi connectivity index (χ4n) is 1.98. The van der Waals surface area contributed by atoms with Crippen LogP contribution in [0.15, 0.2) is 24.3 Å². The highest BCUT2D eigenvalue weighted by Crippen LogP contribution is 2.20. The number of sulfone groups is 1. The third-order valence-electron chi connectivity index (χ3n) is 3.32. The number of aryl methyl sites for hydroxylation is 1. The fraction of sp³-hybridized carbons (Fsp3) is 0.600. The summed E-state index contributed by atoms with van der Waals surface area (Å²) in [7, 11) is -3.06. The molecule has 3 nitrogen and oxygen atoms in total. The molecule has 1 rings (SSSR count). The van der Waals surface area contributed by atoms with Gasteiger partial charge in [0.25, 0.3) is 0 Å². The average molecular weight is 283 g/mol. The smallest absolute Gasteiger partial charge is 0.154 e. The lowest BCUT2D eigenvalue weighted by Crippen LogP contribution is -2.32. The molecule has 0 aromatic heterocycles. The van der Waals surface area contributed by atoms with Gasteiger partial charge in [-0.15, -0.1) is 0 Å². The van der Waals surface area contributed by atoms with Crippen molar-refractivity contribution < 1.29 is 8.42 Å². The molecule has 0 saturated carbocycles. The highest BCUT2D eigenvalue weighted by Gasteiger charge is 2.24. The first-order valence-electron chi connectivity index (χ1n) is 6.89. The lowest BCUT2D eigenvalue weighted by atomic mass is 10.0. The van der Waals surface area contributed by atoms with E-state index in [0.717, 1.165) is 24.1 Å². The summed E-state index contributed by atoms with van der Waals surface area (Å²) in [4.78, 5) is 0. The maximum absolute atomic E-state index is 12.1. The third-order valence-corrected chi connectivity index (χ3v) is 5.56. The molecule has 0 saturated heterocycles. The van der Waals surface area contributed by atoms with Crippen LogP contribution in [-0.2, 0) is 9.84 Å². The molecule has 0 heterocycles. The van der Waals surface area contributed by atoms with E-state index < -0.39 is 9.84 Å². The van der Waals surface area contributed by atoms with Gasteiger partial charge < -0.3 is 5.32 Å². The van der Waals surface area contributed by atoms with E-state index in [-0.39, 0.29) is 17.0 Å². The van der Waals surface area contributed by atoms with Crippen molar-refractivity contribution in [2.45, 2.75) is 45.4 Å². The lowest BCUT2D eigenvalue weighted by molar-refractivity contribution is 0.540. The zero-order chi connectivity index (χ0) is 14.5. The van der Waals surface area contributed by atoms with Crippen molar-refractivity contribution in [3.8, 4) is 0 Å². The van der Waals surface area contributed by atoms with Gasteiger partial charge >= 0.3 is 0 Å². The largest absolute Gasteiger partial charge is 0.309 e. The predicted octanol–water partition coefficient (Wildman–Crippen LogP) is 2.86. The Morgan fingerprint density at radius 1 is 1.21 bits per heavy atom. The molecule has 1 aromatic carbocycles. The first-order valence-corrected chi connectivity index (χ1v) is 8.60. The minimum atomic E-state index is -3.06. The van der Waals surface area contributed by atoms with Gasteiger partial charge in [0, 0.05) is 6.04 Å². The van der Waals surface area contributed by atoms with Gasteiger partial charge in [0.1, 0.15) is 0 Å². The molecule has 0 aliphatic carbocycles. The Morgan fingerprint density at radius 2 is 1.84 bits per heavy atom. The van der Waals surface area contributed by atoms with E-state index in [4.69, 9.17) is 0 Å². The van der Waals surface area contributed by atoms with Crippen LogP contribution in [0.3, 0.4) is 0 Å². The quantitative estimate of drug-likeness (QED) is 0.837. The van der Waals surface area contributed by atoms with Crippen LogP contribution < -0.4 is 5.32 Å². The normalized spacial score (nSPS) is 13.7. The monoisotopic (exact) mass is 283 g/mol. The third kappa shape index (κ3) is 4.62. The highest BCUT2D eigenvalue weighted by atomic mass is 32.2. The molecule has 0 bridgehead atoms. The summed E-state index contributed by atoms with van der Waals surface area (Å²) in [6.45, 7) is 8.41. The van der Waals surface area contributed by atoms with Crippen LogP contribution >= 0.6 is 0 Å². The molecule has 0 fully saturated rings. The van der Waals surface area contributed by atoms with Gasteiger partial charge in [-0.05, 0) is 44.9 Å². The molecule has 1 atom stereocenters. The lowest BCUT2D eigenvalue weighted by Gasteiger charge is -2.22. The Labute approximate surface area is 117 Å². The van der Waals surface area contributed by atoms with E-state index in [1.165, 1.54) is 0 Å². The molecular formula is C15H25NO2S. The maximum Gasteiger partial charge on any atom is 0.154 e. The van der Waals surface area contributed by atoms with Gasteiger partial charge in [-0.3, -0.25) is 0 Å². The summed E-state index contributed by atoms with van der Waals surface area (Å²) in [6.07, 6.45) is 0.990. The number of benzene rings is 1. The van der Waals surface area contributed by atoms with Crippen LogP contribution in [0.5, 0.6) is 0 Å². The number of hydrogen-bond acceptors (Lipinski definition) is 3. The Bertz CT molecular complexity index is 495. The molecule has 0 amide bonds. The summed E-state index contributed by atoms with van der Waals surface area (Å²) < 4.78 is 24.3. The first kappa shape index (κ1) is 16.2. The minimum absolute atomic E-state index is 0.117. The van der Waals surface area contributed by atoms with Crippen LogP contribution in [-0.4, -0.2) is 26.0 Å². The van der Waals surface area contributed by atoms with Crippen molar-refractivity contribution in [3.63, 3.8) is 0 Å². The van der Waals surface area contributed by atoms with E-state index >= 15 is 0 Å². The van der Waals surface area contributed by atoms with Crippen LogP contribution in [0.4, 0.5) is 0 Å². The summed E-state index contributed by atoms with van der Waals surface area (Å²) >= 11 is 0. The maximum atomic E-state index is 12.1. The van der Waals surface area contributed by atoms with E-state index in [1.807, 2.05) is 31.2 Å². The van der Waals surface area contributed by atoms with Gasteiger partial charge in [0.15, 0.2) is 9.84 Å². The number of nitrogens with one attached hydrogen (secondary N) is 1. The number of hydrogen-bond donors (Lipinski definition) is 1. The molecule has 0 radical (unpaired) electrons. The van der Waals surface area contributed by atoms with Crippen molar-refractivity contribution in [2.24, 2.45) is 0 Å². The molecule has 1 unspecified atom stereocenters. The predicted molar refractivity (Wildman–Crippen MR) is 81.1 cm³/mol. The second-order valence-corrected chi connectivity index (χ2v) is 7.84. The summed E-state index contributed by atoms with van der Waals surface area (Å²) in [6, 6.07) is 7.86. The summed E-state index contributed by atoms with van der Waals surface area (Å²) in [5.74, 6) is 0.162. The Hall–Kier alpha value is -0.870. The fourth-order valence-corrected chi connectivity index (χ4v) is 3.13. The van der Waals surface area contributed by atoms with Gasteiger partial charge in [-0.1, -0.05) is 31.2 Å². The van der Waals surface area contributed by atoms with Crippen LogP contribution in [0.2, 0.25) is 0 Å². The van der Waals surface area contributed by atoms with Crippen molar-refractivity contribution >= 4 is 9.84 Å². The zero-order valence-corrected chi connectivity index (χ0v) is 13.1. The van der Waals surface area contributed by atoms with Crippen molar-refractivity contribution in [1.29, 1.82) is 0 Å². The Morgan fingerprint density at radius 3 is 2.37 bits per heavy atom. The standard InChI is InChI=1S/C15H25NO2S/c1-5-10-16-15(11-19(17,18)12(2)3)14-9-7-6-8-13(14)4/h6-9,12,15-16H,5,10-11H2,1-4H3. The van der Waals surface area contributed by atoms with Crippen molar-refractivity contribution in [1.82, 2.24) is 5.32 Å². The van der Waals surface area contributed by atoms with Crippen LogP contribution in [0, 0.1) is 6.92 Å². The average Bonchev–Trinajstić information content (AvgIpc) is 2.35. The molecular weight excluding hydrogens is 258 g/mol. The minimum Gasteiger partial charge on any atom is -0.309 e. The first-order chi connectivity index (χ1) is 8.88. The van der Waals surface area contributed by atoms with Gasteiger partial charge in [0.05, 0.1) is 11.0 Å². The summed E-state index contributed by atoms with van der Waals surface area (Å²) in [5, 5.41) is 3.03. The van der Waals surface area contributed by atoms with Crippen LogP contribution in [0.1, 0.15) is 44.4 Å². The van der Waals surface area contributed by atoms with E-state index in [9.17, 15) is 8.42 Å². The molecule has 0 aliphatic heterocycles. The van der Waals surface area contributed by atoms with Gasteiger partial charge in [-0.2, -0.15) is 0 Å². The summed E-state index contributed by atoms with van der Waals surface area (Å²) in [5.41, 5.74) is 2.22. The van der Waals surface area contributed by atoms with Gasteiger partial charge in [-0.25, -0.2) is 8.42 Å². The molecule has 1 N–H and O–H groups in total. The molecule has 0 spiro atoms.